The smallest absolute Gasteiger partial charge is 0.175 e. The summed E-state index contributed by atoms with van der Waals surface area (Å²) in [7, 11) is 0. The van der Waals surface area contributed by atoms with Crippen LogP contribution in [0.3, 0.4) is 0 Å². The molecule has 0 aromatic heterocycles. The molecule has 1 aliphatic carbocycles. The predicted octanol–water partition coefficient (Wildman–Crippen LogP) is 8.37. The summed E-state index contributed by atoms with van der Waals surface area (Å²) in [6, 6.07) is 14.8. The van der Waals surface area contributed by atoms with E-state index < -0.39 is 11.5 Å². The molecule has 2 unspecified atom stereocenters. The van der Waals surface area contributed by atoms with Gasteiger partial charge >= 0.3 is 0 Å². The Bertz CT molecular complexity index is 1120. The number of hydrogen-bond acceptors (Lipinski definition) is 5. The maximum atomic E-state index is 13.4. The molecule has 0 amide bonds. The molecule has 0 saturated carbocycles. The van der Waals surface area contributed by atoms with Crippen LogP contribution >= 0.6 is 23.4 Å². The van der Waals surface area contributed by atoms with Crippen LogP contribution in [0.1, 0.15) is 81.1 Å². The van der Waals surface area contributed by atoms with E-state index in [0.717, 1.165) is 37.0 Å². The van der Waals surface area contributed by atoms with Crippen LogP contribution in [0.15, 0.2) is 71.7 Å². The zero-order valence-electron chi connectivity index (χ0n) is 22.5. The predicted molar refractivity (Wildman–Crippen MR) is 158 cm³/mol. The molecule has 6 heteroatoms. The number of carbonyl (C=O) groups is 2. The molecule has 4 nitrogen and oxygen atoms in total. The fourth-order valence-electron chi connectivity index (χ4n) is 4.58. The van der Waals surface area contributed by atoms with Gasteiger partial charge in [-0.2, -0.15) is 0 Å². The van der Waals surface area contributed by atoms with Gasteiger partial charge in [-0.3, -0.25) is 9.59 Å². The molecular weight excluding hydrogens is 516 g/mol. The van der Waals surface area contributed by atoms with Crippen molar-refractivity contribution in [2.75, 3.05) is 6.61 Å². The summed E-state index contributed by atoms with van der Waals surface area (Å²) >= 11 is 7.36. The molecule has 0 saturated heterocycles. The lowest BCUT2D eigenvalue weighted by Gasteiger charge is -2.25. The van der Waals surface area contributed by atoms with Gasteiger partial charge in [0.2, 0.25) is 0 Å². The summed E-state index contributed by atoms with van der Waals surface area (Å²) in [5.41, 5.74) is 0.368. The van der Waals surface area contributed by atoms with Crippen molar-refractivity contribution in [3.8, 4) is 5.75 Å². The summed E-state index contributed by atoms with van der Waals surface area (Å²) in [5, 5.41) is 12.3. The number of unbranched alkanes of at least 4 members (excludes halogenated alkanes) is 5. The first-order chi connectivity index (χ1) is 18.3. The second-order valence-electron chi connectivity index (χ2n) is 9.91. The number of allylic oxidation sites excluding steroid dienone is 2. The summed E-state index contributed by atoms with van der Waals surface area (Å²) in [4.78, 5) is 25.8. The average molecular weight is 555 g/mol. The van der Waals surface area contributed by atoms with Crippen LogP contribution in [0.4, 0.5) is 0 Å². The Morgan fingerprint density at radius 3 is 2.63 bits per heavy atom. The van der Waals surface area contributed by atoms with E-state index in [1.807, 2.05) is 42.5 Å². The Morgan fingerprint density at radius 2 is 1.89 bits per heavy atom. The van der Waals surface area contributed by atoms with Gasteiger partial charge in [0.25, 0.3) is 0 Å². The van der Waals surface area contributed by atoms with Gasteiger partial charge in [-0.1, -0.05) is 68.1 Å². The lowest BCUT2D eigenvalue weighted by atomic mass is 9.85. The van der Waals surface area contributed by atoms with Crippen LogP contribution in [0, 0.1) is 5.92 Å². The second-order valence-corrected chi connectivity index (χ2v) is 11.4. The van der Waals surface area contributed by atoms with E-state index >= 15 is 0 Å². The first kappa shape index (κ1) is 30.2. The molecule has 0 radical (unpaired) electrons. The quantitative estimate of drug-likeness (QED) is 0.128. The number of ketones is 2. The molecule has 1 aliphatic rings. The molecule has 0 aliphatic heterocycles. The zero-order valence-corrected chi connectivity index (χ0v) is 24.0. The molecule has 0 bridgehead atoms. The fraction of sp³-hybridized carbons (Fsp3) is 0.438. The molecule has 3 rings (SSSR count). The molecule has 0 fully saturated rings. The van der Waals surface area contributed by atoms with E-state index in [1.165, 1.54) is 31.0 Å². The normalized spacial score (nSPS) is 19.2. The number of rotatable bonds is 16. The summed E-state index contributed by atoms with van der Waals surface area (Å²) < 4.78 is 5.79. The Kier molecular flexibility index (Phi) is 12.2. The van der Waals surface area contributed by atoms with Crippen LogP contribution in [0.5, 0.6) is 5.75 Å². The van der Waals surface area contributed by atoms with Gasteiger partial charge < -0.3 is 9.84 Å². The van der Waals surface area contributed by atoms with E-state index in [-0.39, 0.29) is 11.6 Å². The molecule has 2 aromatic carbocycles. The van der Waals surface area contributed by atoms with E-state index in [2.05, 4.69) is 6.92 Å². The zero-order chi connectivity index (χ0) is 27.4. The summed E-state index contributed by atoms with van der Waals surface area (Å²) in [5.74, 6) is 0.844. The minimum absolute atomic E-state index is 0.00512. The molecule has 2 atom stereocenters. The number of hydrogen-bond donors (Lipinski definition) is 1. The van der Waals surface area contributed by atoms with Crippen molar-refractivity contribution in [2.45, 2.75) is 76.6 Å². The third-order valence-electron chi connectivity index (χ3n) is 6.79. The highest BCUT2D eigenvalue weighted by Crippen LogP contribution is 2.41. The average Bonchev–Trinajstić information content (AvgIpc) is 3.15. The van der Waals surface area contributed by atoms with Gasteiger partial charge in [-0.05, 0) is 81.0 Å². The van der Waals surface area contributed by atoms with Crippen LogP contribution in [-0.2, 0) is 10.5 Å². The number of benzene rings is 2. The van der Waals surface area contributed by atoms with E-state index in [1.54, 1.807) is 31.2 Å². The van der Waals surface area contributed by atoms with E-state index in [9.17, 15) is 14.7 Å². The minimum Gasteiger partial charge on any atom is -0.494 e. The van der Waals surface area contributed by atoms with Crippen LogP contribution in [0.2, 0.25) is 5.02 Å². The summed E-state index contributed by atoms with van der Waals surface area (Å²) in [6.45, 7) is 4.28. The van der Waals surface area contributed by atoms with Gasteiger partial charge in [0, 0.05) is 16.3 Å². The maximum Gasteiger partial charge on any atom is 0.175 e. The molecule has 0 heterocycles. The lowest BCUT2D eigenvalue weighted by Crippen LogP contribution is -2.34. The van der Waals surface area contributed by atoms with Crippen molar-refractivity contribution < 1.29 is 19.4 Å². The molecule has 1 N–H and O–H groups in total. The molecule has 0 spiro atoms. The maximum absolute atomic E-state index is 13.4. The lowest BCUT2D eigenvalue weighted by molar-refractivity contribution is -0.121. The van der Waals surface area contributed by atoms with Gasteiger partial charge in [-0.15, -0.1) is 11.8 Å². The Balaban J connectivity index is 1.61. The largest absolute Gasteiger partial charge is 0.494 e. The molecule has 38 heavy (non-hydrogen) atoms. The van der Waals surface area contributed by atoms with Crippen LogP contribution < -0.4 is 4.74 Å². The van der Waals surface area contributed by atoms with Crippen molar-refractivity contribution in [1.82, 2.24) is 0 Å². The fourth-order valence-corrected chi connectivity index (χ4v) is 5.76. The first-order valence-electron chi connectivity index (χ1n) is 13.6. The number of ether oxygens (including phenoxy) is 1. The summed E-state index contributed by atoms with van der Waals surface area (Å²) in [6.07, 6.45) is 13.3. The molecule has 2 aromatic rings. The highest BCUT2D eigenvalue weighted by molar-refractivity contribution is 8.03. The van der Waals surface area contributed by atoms with Crippen molar-refractivity contribution in [2.24, 2.45) is 5.92 Å². The molecule has 204 valence electrons. The van der Waals surface area contributed by atoms with Gasteiger partial charge in [0.1, 0.15) is 11.4 Å². The van der Waals surface area contributed by atoms with Crippen molar-refractivity contribution in [3.05, 3.63) is 87.8 Å². The van der Waals surface area contributed by atoms with Crippen molar-refractivity contribution >= 4 is 34.9 Å². The first-order valence-corrected chi connectivity index (χ1v) is 15.0. The number of aliphatic hydroxyl groups is 1. The Labute approximate surface area is 236 Å². The highest BCUT2D eigenvalue weighted by atomic mass is 35.5. The third kappa shape index (κ3) is 9.14. The number of thioether (sulfide) groups is 1. The van der Waals surface area contributed by atoms with Crippen LogP contribution in [0.25, 0.3) is 0 Å². The van der Waals surface area contributed by atoms with Gasteiger partial charge in [0.15, 0.2) is 11.6 Å². The number of Topliss-reactive ketones (excluding diaryl/α,β-unsaturated/α-hetero) is 2. The van der Waals surface area contributed by atoms with Crippen molar-refractivity contribution in [3.63, 3.8) is 0 Å². The van der Waals surface area contributed by atoms with Gasteiger partial charge in [0.05, 0.1) is 17.4 Å². The van der Waals surface area contributed by atoms with Gasteiger partial charge in [-0.25, -0.2) is 0 Å². The number of carbonyl (C=O) groups excluding carboxylic acids is 2. The minimum atomic E-state index is -1.28. The standard InChI is InChI=1S/C32H39ClO4S/c1-3-4-5-6-7-9-19-32(36)22-30(38-23-25-12-11-13-26(21-25)24(2)34)31(35)29(32)14-8-10-20-37-28-17-15-27(33)16-18-28/h9,11-13,15-19,21-22,29,36H,3-8,10,14,20,23H2,1-2H3. The Hall–Kier alpha value is -2.34. The van der Waals surface area contributed by atoms with Crippen LogP contribution in [-0.4, -0.2) is 28.9 Å². The SMILES string of the molecule is CCCCCCC=CC1(O)C=C(SCc2cccc(C(C)=O)c2)C(=O)C1CCCCOc1ccc(Cl)cc1. The monoisotopic (exact) mass is 554 g/mol. The second kappa shape index (κ2) is 15.3. The highest BCUT2D eigenvalue weighted by Gasteiger charge is 2.44. The Morgan fingerprint density at radius 1 is 1.11 bits per heavy atom. The topological polar surface area (TPSA) is 63.6 Å². The third-order valence-corrected chi connectivity index (χ3v) is 8.15. The number of halogens is 1. The van der Waals surface area contributed by atoms with E-state index in [0.29, 0.717) is 34.3 Å². The van der Waals surface area contributed by atoms with E-state index in [4.69, 9.17) is 16.3 Å². The molecular formula is C32H39ClO4S. The van der Waals surface area contributed by atoms with Crippen molar-refractivity contribution in [1.29, 1.82) is 0 Å².